The normalized spacial score (nSPS) is 11.4. The number of rotatable bonds is 3. The van der Waals surface area contributed by atoms with Gasteiger partial charge in [-0.15, -0.1) is 0 Å². The summed E-state index contributed by atoms with van der Waals surface area (Å²) in [5.74, 6) is 0.380. The van der Waals surface area contributed by atoms with Crippen molar-refractivity contribution in [3.63, 3.8) is 0 Å². The van der Waals surface area contributed by atoms with Gasteiger partial charge in [-0.25, -0.2) is 0 Å². The van der Waals surface area contributed by atoms with E-state index < -0.39 is 0 Å². The van der Waals surface area contributed by atoms with Crippen LogP contribution in [0.3, 0.4) is 0 Å². The minimum atomic E-state index is 0.0859. The van der Waals surface area contributed by atoms with Gasteiger partial charge in [0.25, 0.3) is 0 Å². The molecular formula is C29H24O. The molecular weight excluding hydrogens is 364 g/mol. The first-order chi connectivity index (χ1) is 14.6. The second-order valence-corrected chi connectivity index (χ2v) is 8.07. The number of phenolic OH excluding ortho intramolecular Hbond substituents is 1. The van der Waals surface area contributed by atoms with Crippen molar-refractivity contribution in [2.45, 2.75) is 19.8 Å². The summed E-state index contributed by atoms with van der Waals surface area (Å²) in [4.78, 5) is 0. The Bertz CT molecular complexity index is 1190. The molecule has 4 aliphatic rings. The molecule has 0 amide bonds. The monoisotopic (exact) mass is 388 g/mol. The summed E-state index contributed by atoms with van der Waals surface area (Å²) >= 11 is 0. The van der Waals surface area contributed by atoms with Gasteiger partial charge in [-0.1, -0.05) is 84.9 Å². The quantitative estimate of drug-likeness (QED) is 0.341. The van der Waals surface area contributed by atoms with Crippen LogP contribution in [0.25, 0.3) is 22.3 Å². The van der Waals surface area contributed by atoms with Gasteiger partial charge in [0.2, 0.25) is 0 Å². The molecule has 0 saturated heterocycles. The molecule has 4 aliphatic carbocycles. The predicted octanol–water partition coefficient (Wildman–Crippen LogP) is 7.40. The lowest BCUT2D eigenvalue weighted by atomic mass is 9.83. The minimum absolute atomic E-state index is 0.0859. The molecule has 0 fully saturated rings. The molecule has 1 aromatic carbocycles. The predicted molar refractivity (Wildman–Crippen MR) is 125 cm³/mol. The maximum absolute atomic E-state index is 9.90. The number of phenols is 1. The van der Waals surface area contributed by atoms with Gasteiger partial charge in [0, 0.05) is 5.92 Å². The van der Waals surface area contributed by atoms with Crippen LogP contribution in [0.15, 0.2) is 97.1 Å². The third-order valence-electron chi connectivity index (χ3n) is 6.14. The molecule has 1 nitrogen and oxygen atoms in total. The van der Waals surface area contributed by atoms with E-state index in [0.717, 1.165) is 0 Å². The molecule has 0 aromatic heterocycles. The highest BCUT2D eigenvalue weighted by molar-refractivity contribution is 5.81. The van der Waals surface area contributed by atoms with Gasteiger partial charge in [0.1, 0.15) is 5.75 Å². The molecule has 0 aliphatic heterocycles. The Labute approximate surface area is 178 Å². The van der Waals surface area contributed by atoms with Gasteiger partial charge in [-0.05, 0) is 76.1 Å². The Morgan fingerprint density at radius 3 is 1.43 bits per heavy atom. The van der Waals surface area contributed by atoms with E-state index in [0.29, 0.717) is 5.75 Å². The fraction of sp³-hybridized carbons (Fsp3) is 0.103. The fourth-order valence-corrected chi connectivity index (χ4v) is 4.73. The van der Waals surface area contributed by atoms with Crippen LogP contribution in [0.2, 0.25) is 0 Å². The summed E-state index contributed by atoms with van der Waals surface area (Å²) < 4.78 is 0. The lowest BCUT2D eigenvalue weighted by molar-refractivity contribution is 0.475. The average molecular weight is 389 g/mol. The SMILES string of the molecule is Cc1cc(C(c2ccc(O)cc2)c2cc(C)c3cccccc2-3)c2cccccc1-2. The van der Waals surface area contributed by atoms with Crippen LogP contribution in [0, 0.1) is 13.8 Å². The molecule has 1 aromatic rings. The Kier molecular flexibility index (Phi) is 4.52. The number of hydrogen-bond donors (Lipinski definition) is 1. The Balaban J connectivity index is 1.81. The largest absolute Gasteiger partial charge is 0.508 e. The van der Waals surface area contributed by atoms with E-state index in [4.69, 9.17) is 0 Å². The zero-order valence-electron chi connectivity index (χ0n) is 17.3. The van der Waals surface area contributed by atoms with E-state index in [1.807, 2.05) is 12.1 Å². The summed E-state index contributed by atoms with van der Waals surface area (Å²) in [6.07, 6.45) is 0. The molecule has 0 heterocycles. The number of aromatic hydroxyl groups is 1. The van der Waals surface area contributed by atoms with Gasteiger partial charge in [-0.3, -0.25) is 0 Å². The van der Waals surface area contributed by atoms with Crippen molar-refractivity contribution in [2.24, 2.45) is 0 Å². The molecule has 0 radical (unpaired) electrons. The molecule has 0 unspecified atom stereocenters. The summed E-state index contributed by atoms with van der Waals surface area (Å²) in [5.41, 5.74) is 11.5. The first-order valence-corrected chi connectivity index (χ1v) is 10.4. The first-order valence-electron chi connectivity index (χ1n) is 10.4. The van der Waals surface area contributed by atoms with Crippen molar-refractivity contribution in [2.75, 3.05) is 0 Å². The minimum Gasteiger partial charge on any atom is -0.508 e. The van der Waals surface area contributed by atoms with E-state index in [2.05, 4.69) is 86.6 Å². The third kappa shape index (κ3) is 3.04. The van der Waals surface area contributed by atoms with Crippen LogP contribution < -0.4 is 0 Å². The van der Waals surface area contributed by atoms with Gasteiger partial charge < -0.3 is 5.11 Å². The summed E-state index contributed by atoms with van der Waals surface area (Å²) in [5, 5.41) is 9.90. The number of aryl methyl sites for hydroxylation is 2. The number of hydrogen-bond acceptors (Lipinski definition) is 1. The van der Waals surface area contributed by atoms with Crippen LogP contribution in [-0.2, 0) is 0 Å². The summed E-state index contributed by atoms with van der Waals surface area (Å²) in [6.45, 7) is 4.38. The smallest absolute Gasteiger partial charge is 0.115 e. The van der Waals surface area contributed by atoms with E-state index in [-0.39, 0.29) is 5.92 Å². The molecule has 0 saturated carbocycles. The maximum Gasteiger partial charge on any atom is 0.115 e. The zero-order chi connectivity index (χ0) is 20.7. The van der Waals surface area contributed by atoms with Gasteiger partial charge in [0.15, 0.2) is 0 Å². The van der Waals surface area contributed by atoms with Crippen LogP contribution in [0.4, 0.5) is 0 Å². The summed E-state index contributed by atoms with van der Waals surface area (Å²) in [7, 11) is 0. The van der Waals surface area contributed by atoms with Crippen molar-refractivity contribution < 1.29 is 5.11 Å². The second-order valence-electron chi connectivity index (χ2n) is 8.07. The van der Waals surface area contributed by atoms with Crippen LogP contribution in [0.5, 0.6) is 5.75 Å². The second kappa shape index (κ2) is 7.35. The molecule has 1 N–H and O–H groups in total. The van der Waals surface area contributed by atoms with Gasteiger partial charge >= 0.3 is 0 Å². The Morgan fingerprint density at radius 2 is 0.967 bits per heavy atom. The zero-order valence-corrected chi connectivity index (χ0v) is 17.3. The first kappa shape index (κ1) is 18.4. The molecule has 0 spiro atoms. The summed E-state index contributed by atoms with van der Waals surface area (Å²) in [6, 6.07) is 33.8. The molecule has 146 valence electrons. The van der Waals surface area contributed by atoms with E-state index in [1.165, 1.54) is 50.1 Å². The highest BCUT2D eigenvalue weighted by atomic mass is 16.3. The average Bonchev–Trinajstić information content (AvgIpc) is 3.02. The highest BCUT2D eigenvalue weighted by Crippen LogP contribution is 2.46. The van der Waals surface area contributed by atoms with Crippen molar-refractivity contribution >= 4 is 0 Å². The Hall–Kier alpha value is -3.58. The van der Waals surface area contributed by atoms with Gasteiger partial charge in [-0.2, -0.15) is 0 Å². The van der Waals surface area contributed by atoms with Crippen LogP contribution in [-0.4, -0.2) is 5.11 Å². The molecule has 0 bridgehead atoms. The fourth-order valence-electron chi connectivity index (χ4n) is 4.73. The van der Waals surface area contributed by atoms with E-state index in [1.54, 1.807) is 12.1 Å². The standard InChI is InChI=1S/C29H24O/c1-19-17-27(25-11-7-3-5-9-23(19)25)29(21-13-15-22(30)16-14-21)28-18-20(2)24-10-6-4-8-12-26(24)28/h3-18,29-30H,1-2H3. The lowest BCUT2D eigenvalue weighted by Gasteiger charge is -2.20. The molecule has 0 atom stereocenters. The highest BCUT2D eigenvalue weighted by Gasteiger charge is 2.27. The van der Waals surface area contributed by atoms with Crippen molar-refractivity contribution in [3.8, 4) is 28.0 Å². The molecule has 5 rings (SSSR count). The van der Waals surface area contributed by atoms with Crippen molar-refractivity contribution in [3.05, 3.63) is 125 Å². The maximum atomic E-state index is 9.90. The lowest BCUT2D eigenvalue weighted by Crippen LogP contribution is -2.03. The Morgan fingerprint density at radius 1 is 0.533 bits per heavy atom. The molecule has 1 heteroatoms. The number of benzene rings is 1. The van der Waals surface area contributed by atoms with Gasteiger partial charge in [0.05, 0.1) is 0 Å². The topological polar surface area (TPSA) is 20.2 Å². The van der Waals surface area contributed by atoms with Crippen LogP contribution >= 0.6 is 0 Å². The van der Waals surface area contributed by atoms with Crippen molar-refractivity contribution in [1.29, 1.82) is 0 Å². The number of fused-ring (bicyclic) bond motifs is 2. The van der Waals surface area contributed by atoms with Crippen molar-refractivity contribution in [1.82, 2.24) is 0 Å². The third-order valence-corrected chi connectivity index (χ3v) is 6.14. The molecule has 30 heavy (non-hydrogen) atoms. The van der Waals surface area contributed by atoms with Crippen LogP contribution in [0.1, 0.15) is 33.7 Å². The van der Waals surface area contributed by atoms with E-state index >= 15 is 0 Å². The van der Waals surface area contributed by atoms with E-state index in [9.17, 15) is 5.11 Å².